The van der Waals surface area contributed by atoms with E-state index in [9.17, 15) is 0 Å². The maximum Gasteiger partial charge on any atom is 0.231 e. The molecule has 0 aliphatic rings. The summed E-state index contributed by atoms with van der Waals surface area (Å²) >= 11 is 0. The van der Waals surface area contributed by atoms with E-state index in [1.807, 2.05) is 13.0 Å². The fourth-order valence-corrected chi connectivity index (χ4v) is 1.63. The second kappa shape index (κ2) is 3.48. The van der Waals surface area contributed by atoms with E-state index in [0.717, 1.165) is 16.8 Å². The molecule has 17 heavy (non-hydrogen) atoms. The smallest absolute Gasteiger partial charge is 0.231 e. The Morgan fingerprint density at radius 3 is 3.00 bits per heavy atom. The number of rotatable bonds is 2. The van der Waals surface area contributed by atoms with Gasteiger partial charge in [-0.15, -0.1) is 0 Å². The number of nitrogen functional groups attached to an aromatic ring is 1. The first-order valence-electron chi connectivity index (χ1n) is 5.12. The number of aryl methyl sites for hydroxylation is 1. The average Bonchev–Trinajstić information content (AvgIpc) is 2.89. The van der Waals surface area contributed by atoms with Gasteiger partial charge in [-0.05, 0) is 13.0 Å². The van der Waals surface area contributed by atoms with Crippen LogP contribution in [0.4, 0.5) is 17.5 Å². The van der Waals surface area contributed by atoms with E-state index < -0.39 is 0 Å². The fraction of sp³-hybridized carbons (Fsp3) is 0.100. The highest BCUT2D eigenvalue weighted by atomic mass is 15.2. The molecule has 0 aliphatic carbocycles. The maximum absolute atomic E-state index is 5.83. The van der Waals surface area contributed by atoms with Crippen LogP contribution in [0.15, 0.2) is 18.5 Å². The Balaban J connectivity index is 2.03. The SMILES string of the molecule is Cc1n[nH]cc1Nc1nc(N)c2cc[nH]c2n1. The second-order valence-corrected chi connectivity index (χ2v) is 3.68. The van der Waals surface area contributed by atoms with Crippen LogP contribution >= 0.6 is 0 Å². The van der Waals surface area contributed by atoms with Crippen LogP contribution in [0.1, 0.15) is 5.69 Å². The molecule has 0 saturated carbocycles. The van der Waals surface area contributed by atoms with E-state index in [1.165, 1.54) is 0 Å². The summed E-state index contributed by atoms with van der Waals surface area (Å²) in [4.78, 5) is 11.5. The van der Waals surface area contributed by atoms with E-state index in [2.05, 4.69) is 30.5 Å². The van der Waals surface area contributed by atoms with Crippen molar-refractivity contribution in [3.63, 3.8) is 0 Å². The zero-order chi connectivity index (χ0) is 11.8. The van der Waals surface area contributed by atoms with Gasteiger partial charge in [-0.1, -0.05) is 0 Å². The lowest BCUT2D eigenvalue weighted by Crippen LogP contribution is -2.01. The number of nitrogens with two attached hydrogens (primary N) is 1. The van der Waals surface area contributed by atoms with Crippen molar-refractivity contribution in [2.75, 3.05) is 11.1 Å². The van der Waals surface area contributed by atoms with Crippen LogP contribution in [0.25, 0.3) is 11.0 Å². The number of H-pyrrole nitrogens is 2. The Hall–Kier alpha value is -2.57. The quantitative estimate of drug-likeness (QED) is 0.530. The molecule has 0 bridgehead atoms. The van der Waals surface area contributed by atoms with Gasteiger partial charge in [0, 0.05) is 12.4 Å². The summed E-state index contributed by atoms with van der Waals surface area (Å²) in [5.74, 6) is 0.891. The summed E-state index contributed by atoms with van der Waals surface area (Å²) in [7, 11) is 0. The Kier molecular flexibility index (Phi) is 1.97. The van der Waals surface area contributed by atoms with Crippen molar-refractivity contribution in [3.8, 4) is 0 Å². The van der Waals surface area contributed by atoms with Crippen LogP contribution in [0.2, 0.25) is 0 Å². The molecule has 0 saturated heterocycles. The molecular weight excluding hydrogens is 218 g/mol. The van der Waals surface area contributed by atoms with E-state index in [0.29, 0.717) is 17.4 Å². The number of nitrogens with one attached hydrogen (secondary N) is 3. The van der Waals surface area contributed by atoms with Gasteiger partial charge in [0.15, 0.2) is 0 Å². The number of fused-ring (bicyclic) bond motifs is 1. The maximum atomic E-state index is 5.83. The first kappa shape index (κ1) is 9.64. The van der Waals surface area contributed by atoms with Crippen molar-refractivity contribution in [1.82, 2.24) is 25.1 Å². The summed E-state index contributed by atoms with van der Waals surface area (Å²) in [6, 6.07) is 1.84. The summed E-state index contributed by atoms with van der Waals surface area (Å²) in [6.07, 6.45) is 3.52. The minimum atomic E-state index is 0.444. The molecule has 3 aromatic heterocycles. The van der Waals surface area contributed by atoms with Crippen molar-refractivity contribution >= 4 is 28.5 Å². The molecule has 0 amide bonds. The van der Waals surface area contributed by atoms with E-state index in [-0.39, 0.29) is 0 Å². The van der Waals surface area contributed by atoms with Gasteiger partial charge in [-0.25, -0.2) is 0 Å². The summed E-state index contributed by atoms with van der Waals surface area (Å²) in [6.45, 7) is 1.88. The zero-order valence-corrected chi connectivity index (χ0v) is 9.15. The molecule has 5 N–H and O–H groups in total. The average molecular weight is 229 g/mol. The molecule has 3 rings (SSSR count). The predicted molar refractivity (Wildman–Crippen MR) is 64.9 cm³/mol. The molecule has 0 fully saturated rings. The van der Waals surface area contributed by atoms with Gasteiger partial charge >= 0.3 is 0 Å². The normalized spacial score (nSPS) is 10.9. The van der Waals surface area contributed by atoms with Crippen LogP contribution in [0.5, 0.6) is 0 Å². The number of aromatic amines is 2. The Morgan fingerprint density at radius 2 is 2.24 bits per heavy atom. The monoisotopic (exact) mass is 229 g/mol. The molecule has 0 radical (unpaired) electrons. The van der Waals surface area contributed by atoms with Crippen molar-refractivity contribution in [2.45, 2.75) is 6.92 Å². The molecule has 7 nitrogen and oxygen atoms in total. The lowest BCUT2D eigenvalue weighted by atomic mass is 10.4. The molecule has 0 unspecified atom stereocenters. The fourth-order valence-electron chi connectivity index (χ4n) is 1.63. The third-order valence-corrected chi connectivity index (χ3v) is 2.52. The van der Waals surface area contributed by atoms with Crippen LogP contribution < -0.4 is 11.1 Å². The first-order chi connectivity index (χ1) is 8.24. The van der Waals surface area contributed by atoms with E-state index >= 15 is 0 Å². The number of anilines is 3. The van der Waals surface area contributed by atoms with Gasteiger partial charge in [0.1, 0.15) is 11.5 Å². The standard InChI is InChI=1S/C10H11N7/c1-5-7(4-13-17-5)14-10-15-8(11)6-2-3-12-9(6)16-10/h2-4H,1H3,(H,13,17)(H4,11,12,14,15,16). The first-order valence-corrected chi connectivity index (χ1v) is 5.12. The van der Waals surface area contributed by atoms with Crippen molar-refractivity contribution in [2.24, 2.45) is 0 Å². The van der Waals surface area contributed by atoms with Crippen molar-refractivity contribution < 1.29 is 0 Å². The molecule has 0 spiro atoms. The molecule has 86 valence electrons. The molecule has 7 heteroatoms. The van der Waals surface area contributed by atoms with Crippen molar-refractivity contribution in [1.29, 1.82) is 0 Å². The minimum absolute atomic E-state index is 0.444. The zero-order valence-electron chi connectivity index (χ0n) is 9.15. The van der Waals surface area contributed by atoms with Gasteiger partial charge in [-0.2, -0.15) is 15.1 Å². The topological polar surface area (TPSA) is 108 Å². The highest BCUT2D eigenvalue weighted by molar-refractivity contribution is 5.87. The molecule has 3 aromatic rings. The lowest BCUT2D eigenvalue weighted by molar-refractivity contribution is 1.05. The van der Waals surface area contributed by atoms with Gasteiger partial charge in [0.25, 0.3) is 0 Å². The van der Waals surface area contributed by atoms with Crippen LogP contribution in [-0.2, 0) is 0 Å². The molecule has 0 atom stereocenters. The second-order valence-electron chi connectivity index (χ2n) is 3.68. The number of nitrogens with zero attached hydrogens (tertiary/aromatic N) is 3. The Labute approximate surface area is 96.5 Å². The Bertz CT molecular complexity index is 666. The van der Waals surface area contributed by atoms with Gasteiger partial charge < -0.3 is 16.0 Å². The summed E-state index contributed by atoms with van der Waals surface area (Å²) in [5, 5.41) is 10.6. The number of aromatic nitrogens is 5. The summed E-state index contributed by atoms with van der Waals surface area (Å²) in [5.41, 5.74) is 8.22. The van der Waals surface area contributed by atoms with E-state index in [4.69, 9.17) is 5.73 Å². The third-order valence-electron chi connectivity index (χ3n) is 2.52. The third kappa shape index (κ3) is 1.57. The highest BCUT2D eigenvalue weighted by Crippen LogP contribution is 2.21. The summed E-state index contributed by atoms with van der Waals surface area (Å²) < 4.78 is 0. The minimum Gasteiger partial charge on any atom is -0.383 e. The van der Waals surface area contributed by atoms with Gasteiger partial charge in [0.05, 0.1) is 16.8 Å². The highest BCUT2D eigenvalue weighted by Gasteiger charge is 2.07. The van der Waals surface area contributed by atoms with Crippen LogP contribution in [-0.4, -0.2) is 25.1 Å². The molecule has 0 aliphatic heterocycles. The van der Waals surface area contributed by atoms with E-state index in [1.54, 1.807) is 12.4 Å². The van der Waals surface area contributed by atoms with Crippen molar-refractivity contribution in [3.05, 3.63) is 24.2 Å². The number of hydrogen-bond acceptors (Lipinski definition) is 5. The van der Waals surface area contributed by atoms with Crippen LogP contribution in [0.3, 0.4) is 0 Å². The lowest BCUT2D eigenvalue weighted by Gasteiger charge is -2.04. The predicted octanol–water partition coefficient (Wildman–Crippen LogP) is 1.32. The van der Waals surface area contributed by atoms with Crippen LogP contribution in [0, 0.1) is 6.92 Å². The molecule has 3 heterocycles. The van der Waals surface area contributed by atoms with Gasteiger partial charge in [-0.3, -0.25) is 5.10 Å². The largest absolute Gasteiger partial charge is 0.383 e. The molecular formula is C10H11N7. The van der Waals surface area contributed by atoms with Gasteiger partial charge in [0.2, 0.25) is 5.95 Å². The molecule has 0 aromatic carbocycles. The number of hydrogen-bond donors (Lipinski definition) is 4. The Morgan fingerprint density at radius 1 is 1.35 bits per heavy atom.